The topological polar surface area (TPSA) is 72.7 Å². The summed E-state index contributed by atoms with van der Waals surface area (Å²) in [5.41, 5.74) is -0.219. The van der Waals surface area contributed by atoms with Gasteiger partial charge in [-0.15, -0.1) is 5.10 Å². The van der Waals surface area contributed by atoms with Crippen LogP contribution in [0.2, 0.25) is 0 Å². The van der Waals surface area contributed by atoms with Gasteiger partial charge in [-0.2, -0.15) is 0 Å². The van der Waals surface area contributed by atoms with E-state index in [0.29, 0.717) is 0 Å². The minimum absolute atomic E-state index is 0.178. The van der Waals surface area contributed by atoms with Crippen LogP contribution in [0.4, 0.5) is 14.5 Å². The van der Waals surface area contributed by atoms with Gasteiger partial charge in [-0.25, -0.2) is 13.5 Å². The molecular formula is C9H7F2N5O. The van der Waals surface area contributed by atoms with Gasteiger partial charge < -0.3 is 5.32 Å². The number of halogens is 2. The van der Waals surface area contributed by atoms with Gasteiger partial charge in [0.1, 0.15) is 24.5 Å². The Hall–Kier alpha value is -2.38. The number of carbonyl (C=O) groups excluding carboxylic acids is 1. The Labute approximate surface area is 94.2 Å². The third-order valence-corrected chi connectivity index (χ3v) is 1.90. The van der Waals surface area contributed by atoms with Crippen molar-refractivity contribution in [2.24, 2.45) is 0 Å². The minimum Gasteiger partial charge on any atom is -0.322 e. The highest BCUT2D eigenvalue weighted by atomic mass is 19.1. The SMILES string of the molecule is O=C(Cn1cnnn1)Nc1cc(F)ccc1F. The smallest absolute Gasteiger partial charge is 0.246 e. The molecule has 0 unspecified atom stereocenters. The average Bonchev–Trinajstić information content (AvgIpc) is 2.76. The Morgan fingerprint density at radius 3 is 2.94 bits per heavy atom. The molecule has 2 aromatic rings. The van der Waals surface area contributed by atoms with Gasteiger partial charge in [-0.05, 0) is 22.6 Å². The molecule has 0 aliphatic heterocycles. The van der Waals surface area contributed by atoms with Crippen molar-refractivity contribution in [3.05, 3.63) is 36.2 Å². The Bertz CT molecular complexity index is 528. The molecule has 0 radical (unpaired) electrons. The highest BCUT2D eigenvalue weighted by Gasteiger charge is 2.09. The van der Waals surface area contributed by atoms with E-state index in [1.54, 1.807) is 0 Å². The summed E-state index contributed by atoms with van der Waals surface area (Å²) < 4.78 is 27.2. The summed E-state index contributed by atoms with van der Waals surface area (Å²) in [5.74, 6) is -1.90. The summed E-state index contributed by atoms with van der Waals surface area (Å²) in [4.78, 5) is 11.4. The normalized spacial score (nSPS) is 10.2. The summed E-state index contributed by atoms with van der Waals surface area (Å²) in [5, 5.41) is 12.3. The van der Waals surface area contributed by atoms with Crippen LogP contribution in [0.1, 0.15) is 0 Å². The molecule has 1 N–H and O–H groups in total. The zero-order valence-electron chi connectivity index (χ0n) is 8.47. The molecule has 0 aliphatic rings. The van der Waals surface area contributed by atoms with Crippen molar-refractivity contribution in [1.82, 2.24) is 20.2 Å². The Morgan fingerprint density at radius 2 is 2.24 bits per heavy atom. The highest BCUT2D eigenvalue weighted by molar-refractivity contribution is 5.90. The van der Waals surface area contributed by atoms with Crippen LogP contribution in [-0.2, 0) is 11.3 Å². The van der Waals surface area contributed by atoms with E-state index in [1.807, 2.05) is 0 Å². The van der Waals surface area contributed by atoms with Gasteiger partial charge >= 0.3 is 0 Å². The van der Waals surface area contributed by atoms with Crippen LogP contribution in [-0.4, -0.2) is 26.1 Å². The summed E-state index contributed by atoms with van der Waals surface area (Å²) in [7, 11) is 0. The number of rotatable bonds is 3. The van der Waals surface area contributed by atoms with E-state index in [9.17, 15) is 13.6 Å². The van der Waals surface area contributed by atoms with Gasteiger partial charge in [-0.1, -0.05) is 0 Å². The number of carbonyl (C=O) groups is 1. The fourth-order valence-electron chi connectivity index (χ4n) is 1.18. The van der Waals surface area contributed by atoms with Crippen LogP contribution in [0.5, 0.6) is 0 Å². The van der Waals surface area contributed by atoms with Crippen molar-refractivity contribution in [3.63, 3.8) is 0 Å². The van der Waals surface area contributed by atoms with Crippen molar-refractivity contribution in [3.8, 4) is 0 Å². The molecule has 0 aliphatic carbocycles. The van der Waals surface area contributed by atoms with Gasteiger partial charge in [0.25, 0.3) is 0 Å². The van der Waals surface area contributed by atoms with Crippen molar-refractivity contribution in [2.75, 3.05) is 5.32 Å². The number of hydrogen-bond donors (Lipinski definition) is 1. The average molecular weight is 239 g/mol. The Morgan fingerprint density at radius 1 is 1.41 bits per heavy atom. The van der Waals surface area contributed by atoms with Crippen LogP contribution in [0.3, 0.4) is 0 Å². The summed E-state index contributed by atoms with van der Waals surface area (Å²) in [6, 6.07) is 2.79. The first-order valence-corrected chi connectivity index (χ1v) is 4.61. The summed E-state index contributed by atoms with van der Waals surface area (Å²) in [6.45, 7) is -0.178. The number of aromatic nitrogens is 4. The van der Waals surface area contributed by atoms with Gasteiger partial charge in [0.05, 0.1) is 5.69 Å². The first kappa shape index (κ1) is 11.1. The highest BCUT2D eigenvalue weighted by Crippen LogP contribution is 2.14. The van der Waals surface area contributed by atoms with E-state index in [4.69, 9.17) is 0 Å². The van der Waals surface area contributed by atoms with Crippen LogP contribution < -0.4 is 5.32 Å². The van der Waals surface area contributed by atoms with Gasteiger partial charge in [0.2, 0.25) is 5.91 Å². The zero-order valence-corrected chi connectivity index (χ0v) is 8.47. The quantitative estimate of drug-likeness (QED) is 0.850. The maximum Gasteiger partial charge on any atom is 0.246 e. The van der Waals surface area contributed by atoms with E-state index < -0.39 is 17.5 Å². The van der Waals surface area contributed by atoms with Crippen LogP contribution in [0, 0.1) is 11.6 Å². The van der Waals surface area contributed by atoms with E-state index in [-0.39, 0.29) is 12.2 Å². The van der Waals surface area contributed by atoms with E-state index in [2.05, 4.69) is 20.8 Å². The number of benzene rings is 1. The van der Waals surface area contributed by atoms with Crippen molar-refractivity contribution in [1.29, 1.82) is 0 Å². The fourth-order valence-corrected chi connectivity index (χ4v) is 1.18. The van der Waals surface area contributed by atoms with Crippen LogP contribution in [0.25, 0.3) is 0 Å². The monoisotopic (exact) mass is 239 g/mol. The lowest BCUT2D eigenvalue weighted by Crippen LogP contribution is -2.19. The molecule has 88 valence electrons. The number of nitrogens with zero attached hydrogens (tertiary/aromatic N) is 4. The van der Waals surface area contributed by atoms with E-state index in [0.717, 1.165) is 22.9 Å². The van der Waals surface area contributed by atoms with Gasteiger partial charge in [0.15, 0.2) is 0 Å². The molecular weight excluding hydrogens is 232 g/mol. The predicted molar refractivity (Wildman–Crippen MR) is 52.8 cm³/mol. The van der Waals surface area contributed by atoms with Crippen LogP contribution in [0.15, 0.2) is 24.5 Å². The van der Waals surface area contributed by atoms with Crippen molar-refractivity contribution in [2.45, 2.75) is 6.54 Å². The van der Waals surface area contributed by atoms with Crippen molar-refractivity contribution < 1.29 is 13.6 Å². The first-order chi connectivity index (χ1) is 8.15. The molecule has 8 heteroatoms. The molecule has 0 fully saturated rings. The molecule has 0 spiro atoms. The molecule has 2 rings (SSSR count). The third kappa shape index (κ3) is 2.80. The van der Waals surface area contributed by atoms with Crippen molar-refractivity contribution >= 4 is 11.6 Å². The number of amides is 1. The molecule has 1 heterocycles. The molecule has 0 bridgehead atoms. The molecule has 1 aromatic heterocycles. The van der Waals surface area contributed by atoms with E-state index >= 15 is 0 Å². The molecule has 0 saturated heterocycles. The lowest BCUT2D eigenvalue weighted by molar-refractivity contribution is -0.116. The number of anilines is 1. The third-order valence-electron chi connectivity index (χ3n) is 1.90. The Balaban J connectivity index is 2.05. The number of hydrogen-bond acceptors (Lipinski definition) is 4. The number of tetrazole rings is 1. The largest absolute Gasteiger partial charge is 0.322 e. The second-order valence-electron chi connectivity index (χ2n) is 3.18. The molecule has 0 atom stereocenters. The summed E-state index contributed by atoms with van der Waals surface area (Å²) >= 11 is 0. The second kappa shape index (κ2) is 4.64. The molecule has 6 nitrogen and oxygen atoms in total. The maximum absolute atomic E-state index is 13.2. The molecule has 0 saturated carbocycles. The van der Waals surface area contributed by atoms with Gasteiger partial charge in [-0.3, -0.25) is 4.79 Å². The molecule has 1 aromatic carbocycles. The van der Waals surface area contributed by atoms with Gasteiger partial charge in [0, 0.05) is 6.07 Å². The maximum atomic E-state index is 13.2. The minimum atomic E-state index is -0.712. The Kier molecular flexibility index (Phi) is 3.03. The zero-order chi connectivity index (χ0) is 12.3. The molecule has 17 heavy (non-hydrogen) atoms. The number of nitrogens with one attached hydrogen (secondary N) is 1. The lowest BCUT2D eigenvalue weighted by atomic mass is 10.3. The van der Waals surface area contributed by atoms with E-state index in [1.165, 1.54) is 6.33 Å². The summed E-state index contributed by atoms with van der Waals surface area (Å²) in [6.07, 6.45) is 1.24. The van der Waals surface area contributed by atoms with Crippen LogP contribution >= 0.6 is 0 Å². The first-order valence-electron chi connectivity index (χ1n) is 4.61. The molecule has 1 amide bonds. The lowest BCUT2D eigenvalue weighted by Gasteiger charge is -2.05. The standard InChI is InChI=1S/C9H7F2N5O/c10-6-1-2-7(11)8(3-6)13-9(17)4-16-5-12-14-15-16/h1-3,5H,4H2,(H,13,17). The fraction of sp³-hybridized carbons (Fsp3) is 0.111. The second-order valence-corrected chi connectivity index (χ2v) is 3.18. The predicted octanol–water partition coefficient (Wildman–Crippen LogP) is 0.590.